The van der Waals surface area contributed by atoms with Crippen LogP contribution in [-0.2, 0) is 4.79 Å². The zero-order valence-corrected chi connectivity index (χ0v) is 13.0. The fourth-order valence-corrected chi connectivity index (χ4v) is 2.33. The maximum Gasteiger partial charge on any atom is 0.573 e. The van der Waals surface area contributed by atoms with Gasteiger partial charge in [0.25, 0.3) is 0 Å². The summed E-state index contributed by atoms with van der Waals surface area (Å²) in [6, 6.07) is 5.68. The lowest BCUT2D eigenvalue weighted by Crippen LogP contribution is -2.18. The fraction of sp³-hybridized carbons (Fsp3) is 0.250. The van der Waals surface area contributed by atoms with Gasteiger partial charge in [-0.25, -0.2) is 0 Å². The average molecular weight is 357 g/mol. The summed E-state index contributed by atoms with van der Waals surface area (Å²) in [5, 5.41) is 9.94. The molecule has 1 aromatic carbocycles. The number of amides is 1. The first-order chi connectivity index (χ1) is 11.6. The van der Waals surface area contributed by atoms with E-state index in [-0.39, 0.29) is 17.9 Å². The van der Waals surface area contributed by atoms with Crippen LogP contribution in [-0.4, -0.2) is 17.4 Å². The summed E-state index contributed by atoms with van der Waals surface area (Å²) in [5.41, 5.74) is 4.81. The molecule has 0 aliphatic rings. The molecule has 3 N–H and O–H groups in total. The third kappa shape index (κ3) is 4.75. The fourth-order valence-electron chi connectivity index (χ4n) is 2.33. The second kappa shape index (κ2) is 6.88. The van der Waals surface area contributed by atoms with Crippen LogP contribution in [0.2, 0.25) is 0 Å². The molecule has 1 amide bonds. The molecule has 0 fully saturated rings. The van der Waals surface area contributed by atoms with Crippen molar-refractivity contribution in [1.29, 1.82) is 0 Å². The number of primary amides is 1. The van der Waals surface area contributed by atoms with Gasteiger partial charge in [-0.15, -0.1) is 13.2 Å². The highest BCUT2D eigenvalue weighted by molar-refractivity contribution is 5.75. The van der Waals surface area contributed by atoms with Crippen molar-refractivity contribution in [3.8, 4) is 11.5 Å². The number of aryl methyl sites for hydroxylation is 1. The molecule has 0 aliphatic heterocycles. The molecule has 134 valence electrons. The lowest BCUT2D eigenvalue weighted by molar-refractivity contribution is -0.274. The Balaban J connectivity index is 2.45. The average Bonchev–Trinajstić information content (AvgIpc) is 2.48. The first-order valence-electron chi connectivity index (χ1n) is 7.04. The van der Waals surface area contributed by atoms with Crippen LogP contribution in [0, 0.1) is 6.92 Å². The Bertz CT molecular complexity index is 827. The quantitative estimate of drug-likeness (QED) is 0.856. The van der Waals surface area contributed by atoms with Crippen molar-refractivity contribution < 1.29 is 32.2 Å². The standard InChI is InChI=1S/C16H14F3NO5/c1-8-6-12(21)14(23)15(24-8)11(7-13(20)22)9-2-4-10(5-3-9)25-16(17,18)19/h2-6,11,23H,7H2,1H3,(H2,20,22)/t11-/m0/s1. The molecule has 2 aromatic rings. The Morgan fingerprint density at radius 3 is 2.44 bits per heavy atom. The molecule has 0 saturated carbocycles. The zero-order chi connectivity index (χ0) is 18.8. The highest BCUT2D eigenvalue weighted by Gasteiger charge is 2.31. The minimum atomic E-state index is -4.84. The number of rotatable bonds is 5. The van der Waals surface area contributed by atoms with Crippen molar-refractivity contribution in [2.75, 3.05) is 0 Å². The number of ether oxygens (including phenoxy) is 1. The molecule has 0 unspecified atom stereocenters. The number of benzene rings is 1. The largest absolute Gasteiger partial charge is 0.573 e. The second-order valence-corrected chi connectivity index (χ2v) is 5.27. The Labute approximate surface area is 139 Å². The summed E-state index contributed by atoms with van der Waals surface area (Å²) in [6.45, 7) is 1.48. The van der Waals surface area contributed by atoms with Gasteiger partial charge in [0, 0.05) is 12.5 Å². The van der Waals surface area contributed by atoms with Gasteiger partial charge < -0.3 is 20.0 Å². The van der Waals surface area contributed by atoms with Crippen LogP contribution in [0.1, 0.15) is 29.4 Å². The second-order valence-electron chi connectivity index (χ2n) is 5.27. The van der Waals surface area contributed by atoms with Gasteiger partial charge in [0.1, 0.15) is 11.5 Å². The molecule has 9 heteroatoms. The van der Waals surface area contributed by atoms with E-state index >= 15 is 0 Å². The SMILES string of the molecule is Cc1cc(=O)c(O)c([C@@H](CC(N)=O)c2ccc(OC(F)(F)F)cc2)o1. The third-order valence-electron chi connectivity index (χ3n) is 3.31. The Kier molecular flexibility index (Phi) is 5.05. The number of carbonyl (C=O) groups is 1. The first-order valence-corrected chi connectivity index (χ1v) is 7.04. The van der Waals surface area contributed by atoms with Crippen LogP contribution in [0.25, 0.3) is 0 Å². The molecule has 0 bridgehead atoms. The van der Waals surface area contributed by atoms with Crippen molar-refractivity contribution in [3.63, 3.8) is 0 Å². The summed E-state index contributed by atoms with van der Waals surface area (Å²) in [5.74, 6) is -2.82. The smallest absolute Gasteiger partial charge is 0.502 e. The van der Waals surface area contributed by atoms with E-state index in [4.69, 9.17) is 10.2 Å². The molecule has 6 nitrogen and oxygen atoms in total. The monoisotopic (exact) mass is 357 g/mol. The van der Waals surface area contributed by atoms with E-state index in [2.05, 4.69) is 4.74 Å². The van der Waals surface area contributed by atoms with E-state index in [0.717, 1.165) is 18.2 Å². The van der Waals surface area contributed by atoms with Crippen LogP contribution in [0.15, 0.2) is 39.5 Å². The molecule has 0 saturated heterocycles. The molecular weight excluding hydrogens is 343 g/mol. The van der Waals surface area contributed by atoms with E-state index in [0.29, 0.717) is 5.56 Å². The lowest BCUT2D eigenvalue weighted by Gasteiger charge is -2.17. The third-order valence-corrected chi connectivity index (χ3v) is 3.31. The summed E-state index contributed by atoms with van der Waals surface area (Å²) < 4.78 is 45.8. The summed E-state index contributed by atoms with van der Waals surface area (Å²) in [4.78, 5) is 23.1. The van der Waals surface area contributed by atoms with Crippen LogP contribution < -0.4 is 15.9 Å². The van der Waals surface area contributed by atoms with Crippen LogP contribution in [0.3, 0.4) is 0 Å². The number of halogens is 3. The van der Waals surface area contributed by atoms with Gasteiger partial charge in [0.2, 0.25) is 17.1 Å². The van der Waals surface area contributed by atoms with E-state index < -0.39 is 35.1 Å². The number of nitrogens with two attached hydrogens (primary N) is 1. The molecule has 0 spiro atoms. The molecule has 1 aromatic heterocycles. The number of aromatic hydroxyl groups is 1. The highest BCUT2D eigenvalue weighted by Crippen LogP contribution is 2.34. The van der Waals surface area contributed by atoms with E-state index in [1.54, 1.807) is 0 Å². The number of hydrogen-bond acceptors (Lipinski definition) is 5. The predicted molar refractivity (Wildman–Crippen MR) is 80.2 cm³/mol. The lowest BCUT2D eigenvalue weighted by atomic mass is 9.92. The van der Waals surface area contributed by atoms with Crippen LogP contribution in [0.4, 0.5) is 13.2 Å². The molecule has 1 heterocycles. The normalized spacial score (nSPS) is 12.6. The number of carbonyl (C=O) groups excluding carboxylic acids is 1. The van der Waals surface area contributed by atoms with E-state index in [1.807, 2.05) is 0 Å². The topological polar surface area (TPSA) is 103 Å². The predicted octanol–water partition coefficient (Wildman–Crippen LogP) is 2.56. The van der Waals surface area contributed by atoms with Crippen LogP contribution in [0.5, 0.6) is 11.5 Å². The Morgan fingerprint density at radius 1 is 1.32 bits per heavy atom. The maximum absolute atomic E-state index is 12.2. The van der Waals surface area contributed by atoms with Crippen LogP contribution >= 0.6 is 0 Å². The number of hydrogen-bond donors (Lipinski definition) is 2. The van der Waals surface area contributed by atoms with Crippen molar-refractivity contribution in [1.82, 2.24) is 0 Å². The van der Waals surface area contributed by atoms with Crippen molar-refractivity contribution >= 4 is 5.91 Å². The zero-order valence-electron chi connectivity index (χ0n) is 13.0. The molecule has 1 atom stereocenters. The van der Waals surface area contributed by atoms with Gasteiger partial charge >= 0.3 is 6.36 Å². The summed E-state index contributed by atoms with van der Waals surface area (Å²) in [6.07, 6.45) is -5.16. The van der Waals surface area contributed by atoms with Crippen molar-refractivity contribution in [3.05, 3.63) is 57.6 Å². The number of alkyl halides is 3. The van der Waals surface area contributed by atoms with Gasteiger partial charge in [-0.05, 0) is 24.6 Å². The van der Waals surface area contributed by atoms with Gasteiger partial charge in [-0.1, -0.05) is 12.1 Å². The van der Waals surface area contributed by atoms with E-state index in [1.165, 1.54) is 19.1 Å². The van der Waals surface area contributed by atoms with Crippen molar-refractivity contribution in [2.45, 2.75) is 25.6 Å². The molecule has 0 radical (unpaired) electrons. The highest BCUT2D eigenvalue weighted by atomic mass is 19.4. The molecular formula is C16H14F3NO5. The molecule has 2 rings (SSSR count). The Morgan fingerprint density at radius 2 is 1.92 bits per heavy atom. The van der Waals surface area contributed by atoms with E-state index in [9.17, 15) is 27.9 Å². The minimum Gasteiger partial charge on any atom is -0.502 e. The first kappa shape index (κ1) is 18.4. The van der Waals surface area contributed by atoms with Gasteiger partial charge in [0.15, 0.2) is 5.76 Å². The van der Waals surface area contributed by atoms with Gasteiger partial charge in [0.05, 0.1) is 5.92 Å². The summed E-state index contributed by atoms with van der Waals surface area (Å²) >= 11 is 0. The Hall–Kier alpha value is -2.97. The van der Waals surface area contributed by atoms with Gasteiger partial charge in [-0.2, -0.15) is 0 Å². The summed E-state index contributed by atoms with van der Waals surface area (Å²) in [7, 11) is 0. The molecule has 25 heavy (non-hydrogen) atoms. The molecule has 0 aliphatic carbocycles. The maximum atomic E-state index is 12.2. The van der Waals surface area contributed by atoms with Gasteiger partial charge in [-0.3, -0.25) is 9.59 Å². The minimum absolute atomic E-state index is 0.187. The van der Waals surface area contributed by atoms with Crippen molar-refractivity contribution in [2.24, 2.45) is 5.73 Å².